The van der Waals surface area contributed by atoms with Crippen molar-refractivity contribution in [3.8, 4) is 0 Å². The highest BCUT2D eigenvalue weighted by atomic mass is 16.4. The van der Waals surface area contributed by atoms with Crippen molar-refractivity contribution in [2.24, 2.45) is 5.41 Å². The summed E-state index contributed by atoms with van der Waals surface area (Å²) in [7, 11) is 0. The van der Waals surface area contributed by atoms with Crippen LogP contribution in [0.2, 0.25) is 0 Å². The topological polar surface area (TPSA) is 72.9 Å². The molecule has 6 nitrogen and oxygen atoms in total. The molecule has 0 radical (unpaired) electrons. The molecule has 1 saturated heterocycles. The first-order valence-electron chi connectivity index (χ1n) is 7.75. The van der Waals surface area contributed by atoms with Crippen LogP contribution in [0.3, 0.4) is 0 Å². The fraction of sp³-hybridized carbons (Fsp3) is 0.867. The van der Waals surface area contributed by atoms with E-state index in [2.05, 4.69) is 31.0 Å². The summed E-state index contributed by atoms with van der Waals surface area (Å²) in [5, 5.41) is 11.3. The Morgan fingerprint density at radius 1 is 1.14 bits per heavy atom. The number of carboxylic acid groups (broad SMARTS) is 1. The molecule has 122 valence electrons. The Morgan fingerprint density at radius 3 is 2.29 bits per heavy atom. The lowest BCUT2D eigenvalue weighted by Crippen LogP contribution is -2.52. The van der Waals surface area contributed by atoms with Gasteiger partial charge in [-0.3, -0.25) is 9.69 Å². The summed E-state index contributed by atoms with van der Waals surface area (Å²) in [5.41, 5.74) is 0.346. The van der Waals surface area contributed by atoms with E-state index < -0.39 is 5.97 Å². The van der Waals surface area contributed by atoms with Gasteiger partial charge in [0.05, 0.1) is 0 Å². The monoisotopic (exact) mass is 299 g/mol. The van der Waals surface area contributed by atoms with Crippen LogP contribution in [0.4, 0.5) is 4.79 Å². The van der Waals surface area contributed by atoms with E-state index in [1.807, 2.05) is 4.90 Å². The number of nitrogens with zero attached hydrogens (tertiary/aromatic N) is 2. The lowest BCUT2D eigenvalue weighted by atomic mass is 9.92. The minimum Gasteiger partial charge on any atom is -0.481 e. The average molecular weight is 299 g/mol. The molecular formula is C15H29N3O3. The number of hydrogen-bond acceptors (Lipinski definition) is 3. The molecule has 0 aromatic heterocycles. The third-order valence-electron chi connectivity index (χ3n) is 3.68. The van der Waals surface area contributed by atoms with Crippen LogP contribution in [0.25, 0.3) is 0 Å². The molecule has 0 bridgehead atoms. The smallest absolute Gasteiger partial charge is 0.317 e. The Balaban J connectivity index is 2.17. The fourth-order valence-corrected chi connectivity index (χ4v) is 2.21. The first-order chi connectivity index (χ1) is 9.78. The van der Waals surface area contributed by atoms with Gasteiger partial charge in [-0.15, -0.1) is 0 Å². The van der Waals surface area contributed by atoms with Gasteiger partial charge >= 0.3 is 12.0 Å². The molecular weight excluding hydrogens is 270 g/mol. The molecule has 1 aliphatic rings. The second-order valence-corrected chi connectivity index (χ2v) is 6.87. The van der Waals surface area contributed by atoms with Crippen molar-refractivity contribution in [1.29, 1.82) is 0 Å². The third-order valence-corrected chi connectivity index (χ3v) is 3.68. The van der Waals surface area contributed by atoms with Crippen LogP contribution in [-0.4, -0.2) is 66.2 Å². The molecule has 6 heteroatoms. The number of urea groups is 1. The Bertz CT molecular complexity index is 345. The molecule has 0 saturated carbocycles. The van der Waals surface area contributed by atoms with Crippen LogP contribution in [-0.2, 0) is 4.79 Å². The lowest BCUT2D eigenvalue weighted by molar-refractivity contribution is -0.137. The first-order valence-corrected chi connectivity index (χ1v) is 7.75. The van der Waals surface area contributed by atoms with E-state index in [9.17, 15) is 9.59 Å². The number of nitrogens with one attached hydrogen (secondary N) is 1. The molecule has 1 rings (SSSR count). The molecule has 0 aromatic rings. The van der Waals surface area contributed by atoms with Crippen LogP contribution in [0, 0.1) is 5.41 Å². The van der Waals surface area contributed by atoms with Crippen LogP contribution < -0.4 is 5.32 Å². The minimum absolute atomic E-state index is 0.0733. The van der Waals surface area contributed by atoms with Gasteiger partial charge in [0.25, 0.3) is 0 Å². The average Bonchev–Trinajstić information content (AvgIpc) is 2.40. The molecule has 1 fully saturated rings. The summed E-state index contributed by atoms with van der Waals surface area (Å²) in [5.74, 6) is -0.822. The van der Waals surface area contributed by atoms with E-state index in [-0.39, 0.29) is 12.5 Å². The molecule has 0 aliphatic carbocycles. The molecule has 0 unspecified atom stereocenters. The highest BCUT2D eigenvalue weighted by Gasteiger charge is 2.21. The number of rotatable bonds is 6. The maximum Gasteiger partial charge on any atom is 0.317 e. The van der Waals surface area contributed by atoms with E-state index in [1.165, 1.54) is 0 Å². The van der Waals surface area contributed by atoms with Gasteiger partial charge in [0.15, 0.2) is 0 Å². The number of hydrogen-bond donors (Lipinski definition) is 2. The Kier molecular flexibility index (Phi) is 6.95. The van der Waals surface area contributed by atoms with Crippen molar-refractivity contribution in [3.63, 3.8) is 0 Å². The zero-order valence-electron chi connectivity index (χ0n) is 13.5. The van der Waals surface area contributed by atoms with Gasteiger partial charge < -0.3 is 15.3 Å². The maximum absolute atomic E-state index is 11.9. The number of piperazine rings is 1. The van der Waals surface area contributed by atoms with Crippen molar-refractivity contribution in [2.75, 3.05) is 39.3 Å². The number of amides is 2. The highest BCUT2D eigenvalue weighted by Crippen LogP contribution is 2.19. The normalized spacial score (nSPS) is 16.8. The van der Waals surface area contributed by atoms with Gasteiger partial charge in [0, 0.05) is 39.1 Å². The summed E-state index contributed by atoms with van der Waals surface area (Å²) in [6.07, 6.45) is 1.74. The zero-order chi connectivity index (χ0) is 15.9. The van der Waals surface area contributed by atoms with E-state index in [0.717, 1.165) is 39.1 Å². The second kappa shape index (κ2) is 8.22. The predicted molar refractivity (Wildman–Crippen MR) is 82.4 cm³/mol. The molecule has 2 N–H and O–H groups in total. The van der Waals surface area contributed by atoms with Gasteiger partial charge in [0.1, 0.15) is 0 Å². The summed E-state index contributed by atoms with van der Waals surface area (Å²) >= 11 is 0. The quantitative estimate of drug-likeness (QED) is 0.731. The number of carboxylic acids is 1. The summed E-state index contributed by atoms with van der Waals surface area (Å²) in [6.45, 7) is 11.6. The van der Waals surface area contributed by atoms with Crippen molar-refractivity contribution < 1.29 is 14.7 Å². The second-order valence-electron chi connectivity index (χ2n) is 6.87. The standard InChI is InChI=1S/C15H29N3O3/c1-15(2,3)6-8-17-9-11-18(12-10-17)14(21)16-7-4-5-13(19)20/h4-12H2,1-3H3,(H,16,21)(H,19,20). The Morgan fingerprint density at radius 2 is 1.76 bits per heavy atom. The van der Waals surface area contributed by atoms with Crippen LogP contribution in [0.1, 0.15) is 40.0 Å². The third kappa shape index (κ3) is 7.90. The van der Waals surface area contributed by atoms with Gasteiger partial charge in [-0.2, -0.15) is 0 Å². The highest BCUT2D eigenvalue weighted by molar-refractivity contribution is 5.74. The molecule has 2 amide bonds. The van der Waals surface area contributed by atoms with Gasteiger partial charge in [-0.25, -0.2) is 4.79 Å². The Labute approximate surface area is 127 Å². The summed E-state index contributed by atoms with van der Waals surface area (Å²) in [4.78, 5) is 26.5. The van der Waals surface area contributed by atoms with E-state index in [0.29, 0.717) is 18.4 Å². The van der Waals surface area contributed by atoms with Crippen molar-refractivity contribution in [1.82, 2.24) is 15.1 Å². The van der Waals surface area contributed by atoms with Gasteiger partial charge in [-0.1, -0.05) is 20.8 Å². The Hall–Kier alpha value is -1.30. The fourth-order valence-electron chi connectivity index (χ4n) is 2.21. The van der Waals surface area contributed by atoms with Crippen LogP contribution in [0.15, 0.2) is 0 Å². The van der Waals surface area contributed by atoms with Crippen molar-refractivity contribution in [2.45, 2.75) is 40.0 Å². The van der Waals surface area contributed by atoms with Crippen molar-refractivity contribution in [3.05, 3.63) is 0 Å². The van der Waals surface area contributed by atoms with E-state index in [1.54, 1.807) is 0 Å². The SMILES string of the molecule is CC(C)(C)CCN1CCN(C(=O)NCCCC(=O)O)CC1. The minimum atomic E-state index is -0.822. The maximum atomic E-state index is 11.9. The van der Waals surface area contributed by atoms with Crippen LogP contribution in [0.5, 0.6) is 0 Å². The summed E-state index contributed by atoms with van der Waals surface area (Å²) in [6, 6.07) is -0.0733. The van der Waals surface area contributed by atoms with E-state index in [4.69, 9.17) is 5.11 Å². The predicted octanol–water partition coefficient (Wildman–Crippen LogP) is 1.61. The van der Waals surface area contributed by atoms with E-state index >= 15 is 0 Å². The van der Waals surface area contributed by atoms with Gasteiger partial charge in [0.2, 0.25) is 0 Å². The number of aliphatic carboxylic acids is 1. The molecule has 1 aliphatic heterocycles. The molecule has 21 heavy (non-hydrogen) atoms. The molecule has 0 aromatic carbocycles. The zero-order valence-corrected chi connectivity index (χ0v) is 13.5. The summed E-state index contributed by atoms with van der Waals surface area (Å²) < 4.78 is 0. The largest absolute Gasteiger partial charge is 0.481 e. The van der Waals surface area contributed by atoms with Crippen LogP contribution >= 0.6 is 0 Å². The first kappa shape index (κ1) is 17.8. The molecule has 1 heterocycles. The molecule has 0 spiro atoms. The van der Waals surface area contributed by atoms with Gasteiger partial charge in [-0.05, 0) is 24.8 Å². The number of carbonyl (C=O) groups excluding carboxylic acids is 1. The lowest BCUT2D eigenvalue weighted by Gasteiger charge is -2.35. The molecule has 0 atom stereocenters. The van der Waals surface area contributed by atoms with Crippen molar-refractivity contribution >= 4 is 12.0 Å². The number of carbonyl (C=O) groups is 2.